The smallest absolute Gasteiger partial charge is 0.434 e. The maximum Gasteiger partial charge on any atom is 0.434 e. The first kappa shape index (κ1) is 25.9. The Balaban J connectivity index is 1.30. The van der Waals surface area contributed by atoms with Crippen molar-refractivity contribution < 1.29 is 35.9 Å². The van der Waals surface area contributed by atoms with Gasteiger partial charge in [-0.25, -0.2) is 13.4 Å². The monoisotopic (exact) mass is 545 g/mol. The number of hydrogen-bond donors (Lipinski definition) is 1. The van der Waals surface area contributed by atoms with E-state index in [0.29, 0.717) is 35.6 Å². The van der Waals surface area contributed by atoms with Gasteiger partial charge in [0.15, 0.2) is 11.5 Å². The van der Waals surface area contributed by atoms with Gasteiger partial charge in [-0.05, 0) is 43.0 Å². The van der Waals surface area contributed by atoms with Crippen LogP contribution in [0.4, 0.5) is 13.2 Å². The third-order valence-corrected chi connectivity index (χ3v) is 8.24. The topological polar surface area (TPSA) is 114 Å². The molecular formula is C26H22F3N3O5S. The minimum absolute atomic E-state index is 0.0275. The third-order valence-electron chi connectivity index (χ3n) is 6.48. The molecule has 38 heavy (non-hydrogen) atoms. The number of fused-ring (bicyclic) bond motifs is 1. The van der Waals surface area contributed by atoms with Gasteiger partial charge in [-0.3, -0.25) is 9.78 Å². The Morgan fingerprint density at radius 1 is 1.11 bits per heavy atom. The summed E-state index contributed by atoms with van der Waals surface area (Å²) in [5.74, 6) is -0.459. The second-order valence-corrected chi connectivity index (χ2v) is 10.8. The number of furan rings is 1. The van der Waals surface area contributed by atoms with E-state index in [0.717, 1.165) is 6.20 Å². The average molecular weight is 546 g/mol. The highest BCUT2D eigenvalue weighted by atomic mass is 32.2. The van der Waals surface area contributed by atoms with Crippen LogP contribution >= 0.6 is 0 Å². The number of para-hydroxylation sites is 1. The van der Waals surface area contributed by atoms with Crippen LogP contribution in [0.15, 0.2) is 70.4 Å². The highest BCUT2D eigenvalue weighted by Gasteiger charge is 2.40. The van der Waals surface area contributed by atoms with E-state index in [2.05, 4.69) is 9.97 Å². The lowest BCUT2D eigenvalue weighted by Gasteiger charge is -2.21. The Labute approximate surface area is 215 Å². The van der Waals surface area contributed by atoms with Crippen molar-refractivity contribution in [3.63, 3.8) is 0 Å². The molecule has 5 rings (SSSR count). The quantitative estimate of drug-likeness (QED) is 0.349. The fourth-order valence-electron chi connectivity index (χ4n) is 4.54. The van der Waals surface area contributed by atoms with Gasteiger partial charge in [-0.15, -0.1) is 0 Å². The zero-order valence-electron chi connectivity index (χ0n) is 19.9. The number of rotatable bonds is 7. The normalized spacial score (nSPS) is 16.8. The molecule has 0 spiro atoms. The van der Waals surface area contributed by atoms with E-state index < -0.39 is 27.9 Å². The van der Waals surface area contributed by atoms with Crippen molar-refractivity contribution in [2.75, 3.05) is 6.54 Å². The highest BCUT2D eigenvalue weighted by molar-refractivity contribution is 7.89. The van der Waals surface area contributed by atoms with Crippen molar-refractivity contribution in [2.24, 2.45) is 0 Å². The van der Waals surface area contributed by atoms with E-state index in [1.807, 2.05) is 0 Å². The number of aromatic nitrogens is 2. The summed E-state index contributed by atoms with van der Waals surface area (Å²) in [6.07, 6.45) is -1.95. The third kappa shape index (κ3) is 5.01. The molecule has 0 aliphatic carbocycles. The molecule has 1 fully saturated rings. The van der Waals surface area contributed by atoms with Crippen molar-refractivity contribution in [3.05, 3.63) is 72.2 Å². The molecule has 1 aliphatic rings. The summed E-state index contributed by atoms with van der Waals surface area (Å²) in [7, 11) is -4.02. The van der Waals surface area contributed by atoms with Crippen LogP contribution in [0.3, 0.4) is 0 Å². The van der Waals surface area contributed by atoms with E-state index in [4.69, 9.17) is 4.42 Å². The number of ketones is 1. The van der Waals surface area contributed by atoms with Crippen molar-refractivity contribution in [1.82, 2.24) is 14.3 Å². The molecule has 1 saturated heterocycles. The van der Waals surface area contributed by atoms with Crippen LogP contribution in [0.25, 0.3) is 22.2 Å². The highest BCUT2D eigenvalue weighted by Crippen LogP contribution is 2.33. The first-order valence-corrected chi connectivity index (χ1v) is 13.2. The molecule has 8 nitrogen and oxygen atoms in total. The lowest BCUT2D eigenvalue weighted by atomic mass is 10.00. The van der Waals surface area contributed by atoms with Crippen LogP contribution in [0.2, 0.25) is 0 Å². The number of aromatic hydroxyl groups is 1. The summed E-state index contributed by atoms with van der Waals surface area (Å²) < 4.78 is 71.7. The number of phenolic OH excluding ortho intramolecular Hbond substituents is 1. The van der Waals surface area contributed by atoms with Crippen LogP contribution in [-0.4, -0.2) is 46.2 Å². The molecule has 0 saturated carbocycles. The summed E-state index contributed by atoms with van der Waals surface area (Å²) in [6.45, 7) is 0.200. The fourth-order valence-corrected chi connectivity index (χ4v) is 6.17. The number of Topliss-reactive ketones (excluding diaryl/α,β-unsaturated/α-hetero) is 1. The predicted octanol–water partition coefficient (Wildman–Crippen LogP) is 4.97. The number of phenols is 1. The molecule has 4 aromatic rings. The molecule has 1 aliphatic heterocycles. The molecule has 3 heterocycles. The summed E-state index contributed by atoms with van der Waals surface area (Å²) >= 11 is 0. The van der Waals surface area contributed by atoms with Crippen LogP contribution < -0.4 is 0 Å². The molecule has 2 aromatic heterocycles. The Bertz CT molecular complexity index is 1570. The molecule has 1 N–H and O–H groups in total. The predicted molar refractivity (Wildman–Crippen MR) is 131 cm³/mol. The van der Waals surface area contributed by atoms with Crippen LogP contribution in [-0.2, 0) is 27.4 Å². The Hall–Kier alpha value is -3.77. The van der Waals surface area contributed by atoms with Gasteiger partial charge >= 0.3 is 6.18 Å². The van der Waals surface area contributed by atoms with Crippen molar-refractivity contribution >= 4 is 26.8 Å². The molecular weight excluding hydrogens is 523 g/mol. The number of alkyl halides is 3. The summed E-state index contributed by atoms with van der Waals surface area (Å²) in [5.41, 5.74) is 0.126. The molecule has 2 aromatic carbocycles. The summed E-state index contributed by atoms with van der Waals surface area (Å²) in [4.78, 5) is 20.3. The van der Waals surface area contributed by atoms with Gasteiger partial charge in [-0.2, -0.15) is 17.5 Å². The number of halogens is 3. The number of aryl methyl sites for hydroxylation is 1. The molecule has 0 radical (unpaired) electrons. The largest absolute Gasteiger partial charge is 0.507 e. The molecule has 198 valence electrons. The lowest BCUT2D eigenvalue weighted by Crippen LogP contribution is -2.40. The van der Waals surface area contributed by atoms with Crippen LogP contribution in [0, 0.1) is 0 Å². The molecule has 1 atom stereocenters. The number of carbonyl (C=O) groups is 1. The van der Waals surface area contributed by atoms with Gasteiger partial charge in [-0.1, -0.05) is 24.3 Å². The minimum atomic E-state index is -4.64. The maximum absolute atomic E-state index is 13.3. The molecule has 12 heteroatoms. The van der Waals surface area contributed by atoms with Crippen molar-refractivity contribution in [3.8, 4) is 17.0 Å². The Kier molecular flexibility index (Phi) is 6.70. The Morgan fingerprint density at radius 2 is 1.89 bits per heavy atom. The SMILES string of the molecule is O=C(CCc1ccc(O)c(-c2cnc(C(F)(F)F)cn2)c1)C1CCCN1S(=O)(=O)c1cc2ccccc2o1. The molecule has 0 amide bonds. The minimum Gasteiger partial charge on any atom is -0.507 e. The van der Waals surface area contributed by atoms with Gasteiger partial charge in [0.1, 0.15) is 11.3 Å². The van der Waals surface area contributed by atoms with Crippen molar-refractivity contribution in [2.45, 2.75) is 43.0 Å². The summed E-state index contributed by atoms with van der Waals surface area (Å²) in [5, 5.41) is 10.7. The van der Waals surface area contributed by atoms with E-state index >= 15 is 0 Å². The molecule has 0 bridgehead atoms. The second kappa shape index (κ2) is 9.84. The maximum atomic E-state index is 13.3. The van der Waals surface area contributed by atoms with E-state index in [9.17, 15) is 31.5 Å². The average Bonchev–Trinajstić information content (AvgIpc) is 3.56. The van der Waals surface area contributed by atoms with Gasteiger partial charge in [0, 0.05) is 30.0 Å². The number of hydrogen-bond acceptors (Lipinski definition) is 7. The van der Waals surface area contributed by atoms with E-state index in [1.165, 1.54) is 22.5 Å². The zero-order chi connectivity index (χ0) is 27.1. The first-order chi connectivity index (χ1) is 18.0. The van der Waals surface area contributed by atoms with Crippen LogP contribution in [0.5, 0.6) is 5.75 Å². The van der Waals surface area contributed by atoms with Gasteiger partial charge in [0.05, 0.1) is 24.1 Å². The number of benzene rings is 2. The van der Waals surface area contributed by atoms with Gasteiger partial charge in [0.2, 0.25) is 5.09 Å². The van der Waals surface area contributed by atoms with Crippen LogP contribution in [0.1, 0.15) is 30.5 Å². The number of carbonyl (C=O) groups excluding carboxylic acids is 1. The molecule has 1 unspecified atom stereocenters. The fraction of sp³-hybridized carbons (Fsp3) is 0.269. The first-order valence-electron chi connectivity index (χ1n) is 11.8. The second-order valence-electron chi connectivity index (χ2n) is 8.98. The number of sulfonamides is 1. The zero-order valence-corrected chi connectivity index (χ0v) is 20.7. The Morgan fingerprint density at radius 3 is 2.61 bits per heavy atom. The lowest BCUT2D eigenvalue weighted by molar-refractivity contribution is -0.141. The number of nitrogens with zero attached hydrogens (tertiary/aromatic N) is 3. The van der Waals surface area contributed by atoms with Gasteiger partial charge in [0.25, 0.3) is 10.0 Å². The van der Waals surface area contributed by atoms with Crippen molar-refractivity contribution in [1.29, 1.82) is 0 Å². The summed E-state index contributed by atoms with van der Waals surface area (Å²) in [6, 6.07) is 12.0. The van der Waals surface area contributed by atoms with E-state index in [1.54, 1.807) is 30.3 Å². The van der Waals surface area contributed by atoms with Gasteiger partial charge < -0.3 is 9.52 Å². The van der Waals surface area contributed by atoms with E-state index in [-0.39, 0.29) is 47.3 Å². The standard InChI is InChI=1S/C26H22F3N3O5S/c27-26(28,29)24-15-30-19(14-31-24)18-12-16(7-9-21(18)33)8-10-22(34)20-5-3-11-32(20)38(35,36)25-13-17-4-1-2-6-23(17)37-25/h1-2,4,6-7,9,12-15,20,33H,3,5,8,10-11H2.